The zero-order valence-corrected chi connectivity index (χ0v) is 18.1. The Morgan fingerprint density at radius 2 is 1.69 bits per heavy atom. The molecule has 0 radical (unpaired) electrons. The largest absolute Gasteiger partial charge is 0.394 e. The normalized spacial score (nSPS) is 13.5. The minimum Gasteiger partial charge on any atom is -0.394 e. The van der Waals surface area contributed by atoms with Crippen LogP contribution in [0.1, 0.15) is 53.4 Å². The van der Waals surface area contributed by atoms with E-state index in [2.05, 4.69) is 21.3 Å². The highest BCUT2D eigenvalue weighted by atomic mass is 16.3. The summed E-state index contributed by atoms with van der Waals surface area (Å²) in [6.07, 6.45) is 1.16. The molecule has 0 bridgehead atoms. The van der Waals surface area contributed by atoms with E-state index < -0.39 is 23.7 Å². The van der Waals surface area contributed by atoms with Crippen LogP contribution in [-0.2, 0) is 14.4 Å². The molecule has 0 spiro atoms. The summed E-state index contributed by atoms with van der Waals surface area (Å²) in [4.78, 5) is 47.7. The standard InChI is InChI=1S/C19H37N5O5/c1-12(2)16(27)13(7-6-10-22-18(20)29)23-15(26)9-8-14(21-5)17(28)24-19(3,4)11-25/h12-14,21,25H,6-11H2,1-5H3,(H,23,26)(H,24,28)(H3,20,22,29). The molecule has 7 N–H and O–H groups in total. The number of carbonyl (C=O) groups is 4. The second kappa shape index (κ2) is 13.1. The number of urea groups is 1. The van der Waals surface area contributed by atoms with E-state index >= 15 is 0 Å². The molecule has 0 rings (SSSR count). The van der Waals surface area contributed by atoms with Crippen molar-refractivity contribution in [2.45, 2.75) is 71.0 Å². The molecule has 0 saturated heterocycles. The average molecular weight is 416 g/mol. The third-order valence-electron chi connectivity index (χ3n) is 4.40. The van der Waals surface area contributed by atoms with Crippen LogP contribution in [0.15, 0.2) is 0 Å². The Labute approximate surface area is 172 Å². The van der Waals surface area contributed by atoms with Crippen molar-refractivity contribution in [2.75, 3.05) is 20.2 Å². The molecule has 0 aliphatic heterocycles. The first kappa shape index (κ1) is 26.8. The van der Waals surface area contributed by atoms with E-state index in [4.69, 9.17) is 5.73 Å². The number of nitrogens with one attached hydrogen (secondary N) is 4. The summed E-state index contributed by atoms with van der Waals surface area (Å²) in [6.45, 7) is 7.01. The van der Waals surface area contributed by atoms with Crippen molar-refractivity contribution < 1.29 is 24.3 Å². The van der Waals surface area contributed by atoms with Gasteiger partial charge in [-0.1, -0.05) is 13.8 Å². The molecule has 168 valence electrons. The molecule has 0 aliphatic rings. The number of Topliss-reactive ketones (excluding diaryl/α,β-unsaturated/α-hetero) is 1. The number of rotatable bonds is 14. The van der Waals surface area contributed by atoms with Gasteiger partial charge in [-0.25, -0.2) is 4.79 Å². The summed E-state index contributed by atoms with van der Waals surface area (Å²) in [7, 11) is 1.62. The molecule has 2 atom stereocenters. The van der Waals surface area contributed by atoms with Crippen LogP contribution in [0, 0.1) is 5.92 Å². The molecule has 0 aromatic heterocycles. The van der Waals surface area contributed by atoms with Crippen molar-refractivity contribution in [2.24, 2.45) is 11.7 Å². The molecular formula is C19H37N5O5. The Hall–Kier alpha value is -2.20. The number of likely N-dealkylation sites (N-methyl/N-ethyl adjacent to an activating group) is 1. The molecular weight excluding hydrogens is 378 g/mol. The maximum absolute atomic E-state index is 12.4. The van der Waals surface area contributed by atoms with Crippen molar-refractivity contribution in [1.82, 2.24) is 21.3 Å². The SMILES string of the molecule is CNC(CCC(=O)NC(CCCNC(N)=O)C(=O)C(C)C)C(=O)NC(C)(C)CO. The van der Waals surface area contributed by atoms with Crippen LogP contribution in [0.5, 0.6) is 0 Å². The van der Waals surface area contributed by atoms with Gasteiger partial charge in [-0.05, 0) is 40.2 Å². The molecule has 0 aliphatic carbocycles. The van der Waals surface area contributed by atoms with E-state index in [1.54, 1.807) is 34.7 Å². The first-order valence-electron chi connectivity index (χ1n) is 9.90. The average Bonchev–Trinajstić information content (AvgIpc) is 2.63. The monoisotopic (exact) mass is 415 g/mol. The molecule has 29 heavy (non-hydrogen) atoms. The van der Waals surface area contributed by atoms with Crippen LogP contribution in [0.2, 0.25) is 0 Å². The Balaban J connectivity index is 4.72. The summed E-state index contributed by atoms with van der Waals surface area (Å²) >= 11 is 0. The van der Waals surface area contributed by atoms with Crippen LogP contribution in [-0.4, -0.2) is 66.6 Å². The van der Waals surface area contributed by atoms with Gasteiger partial charge in [0.1, 0.15) is 0 Å². The Morgan fingerprint density at radius 1 is 1.07 bits per heavy atom. The second-order valence-corrected chi connectivity index (χ2v) is 8.02. The van der Waals surface area contributed by atoms with E-state index in [0.717, 1.165) is 0 Å². The fourth-order valence-electron chi connectivity index (χ4n) is 2.61. The lowest BCUT2D eigenvalue weighted by Crippen LogP contribution is -2.53. The summed E-state index contributed by atoms with van der Waals surface area (Å²) < 4.78 is 0. The van der Waals surface area contributed by atoms with Crippen LogP contribution < -0.4 is 27.0 Å². The number of primary amides is 1. The zero-order valence-electron chi connectivity index (χ0n) is 18.1. The fraction of sp³-hybridized carbons (Fsp3) is 0.789. The smallest absolute Gasteiger partial charge is 0.312 e. The lowest BCUT2D eigenvalue weighted by atomic mass is 9.97. The van der Waals surface area contributed by atoms with Crippen molar-refractivity contribution in [3.63, 3.8) is 0 Å². The number of nitrogens with two attached hydrogens (primary N) is 1. The minimum absolute atomic E-state index is 0.0554. The van der Waals surface area contributed by atoms with Crippen LogP contribution in [0.4, 0.5) is 4.79 Å². The van der Waals surface area contributed by atoms with Gasteiger partial charge in [-0.2, -0.15) is 0 Å². The zero-order chi connectivity index (χ0) is 22.6. The van der Waals surface area contributed by atoms with Gasteiger partial charge in [-0.3, -0.25) is 14.4 Å². The summed E-state index contributed by atoms with van der Waals surface area (Å²) in [5.41, 5.74) is 4.25. The predicted octanol–water partition coefficient (Wildman–Crippen LogP) is -0.600. The maximum atomic E-state index is 12.4. The van der Waals surface area contributed by atoms with Crippen LogP contribution >= 0.6 is 0 Å². The summed E-state index contributed by atoms with van der Waals surface area (Å²) in [6, 6.07) is -1.90. The summed E-state index contributed by atoms with van der Waals surface area (Å²) in [5.74, 6) is -0.987. The third-order valence-corrected chi connectivity index (χ3v) is 4.40. The predicted molar refractivity (Wildman–Crippen MR) is 110 cm³/mol. The lowest BCUT2D eigenvalue weighted by Gasteiger charge is -2.26. The molecule has 0 aromatic carbocycles. The van der Waals surface area contributed by atoms with E-state index in [-0.39, 0.29) is 43.0 Å². The number of amides is 4. The van der Waals surface area contributed by atoms with Gasteiger partial charge in [0.05, 0.1) is 24.2 Å². The van der Waals surface area contributed by atoms with E-state index in [1.807, 2.05) is 0 Å². The van der Waals surface area contributed by atoms with Gasteiger partial charge in [0.15, 0.2) is 5.78 Å². The highest BCUT2D eigenvalue weighted by Crippen LogP contribution is 2.08. The van der Waals surface area contributed by atoms with Crippen molar-refractivity contribution in [3.05, 3.63) is 0 Å². The van der Waals surface area contributed by atoms with E-state index in [0.29, 0.717) is 19.4 Å². The second-order valence-electron chi connectivity index (χ2n) is 8.02. The first-order chi connectivity index (χ1) is 13.4. The number of hydrogen-bond donors (Lipinski definition) is 6. The van der Waals surface area contributed by atoms with Gasteiger partial charge in [0.2, 0.25) is 11.8 Å². The molecule has 4 amide bonds. The number of carbonyl (C=O) groups excluding carboxylic acids is 4. The van der Waals surface area contributed by atoms with Crippen molar-refractivity contribution >= 4 is 23.6 Å². The van der Waals surface area contributed by atoms with Crippen LogP contribution in [0.3, 0.4) is 0 Å². The molecule has 0 fully saturated rings. The van der Waals surface area contributed by atoms with Gasteiger partial charge in [0.25, 0.3) is 0 Å². The van der Waals surface area contributed by atoms with Gasteiger partial charge in [0, 0.05) is 18.9 Å². The molecule has 0 heterocycles. The highest BCUT2D eigenvalue weighted by Gasteiger charge is 2.26. The number of ketones is 1. The van der Waals surface area contributed by atoms with E-state index in [1.165, 1.54) is 0 Å². The van der Waals surface area contributed by atoms with Crippen molar-refractivity contribution in [3.8, 4) is 0 Å². The third kappa shape index (κ3) is 11.4. The number of hydrogen-bond acceptors (Lipinski definition) is 6. The fourth-order valence-corrected chi connectivity index (χ4v) is 2.61. The Morgan fingerprint density at radius 3 is 2.17 bits per heavy atom. The molecule has 0 aromatic rings. The lowest BCUT2D eigenvalue weighted by molar-refractivity contribution is -0.130. The van der Waals surface area contributed by atoms with Gasteiger partial charge < -0.3 is 32.1 Å². The first-order valence-corrected chi connectivity index (χ1v) is 9.90. The molecule has 10 nitrogen and oxygen atoms in total. The molecule has 2 unspecified atom stereocenters. The van der Waals surface area contributed by atoms with Crippen molar-refractivity contribution in [1.29, 1.82) is 0 Å². The minimum atomic E-state index is -0.762. The topological polar surface area (TPSA) is 163 Å². The van der Waals surface area contributed by atoms with Gasteiger partial charge in [-0.15, -0.1) is 0 Å². The Kier molecular flexibility index (Phi) is 12.1. The quantitative estimate of drug-likeness (QED) is 0.208. The van der Waals surface area contributed by atoms with E-state index in [9.17, 15) is 24.3 Å². The Bertz CT molecular complexity index is 565. The van der Waals surface area contributed by atoms with Crippen LogP contribution in [0.25, 0.3) is 0 Å². The maximum Gasteiger partial charge on any atom is 0.312 e. The number of aliphatic hydroxyl groups excluding tert-OH is 1. The summed E-state index contributed by atoms with van der Waals surface area (Å²) in [5, 5.41) is 20.0. The number of aliphatic hydroxyl groups is 1. The highest BCUT2D eigenvalue weighted by molar-refractivity contribution is 5.90. The molecule has 0 saturated carbocycles. The molecule has 10 heteroatoms. The van der Waals surface area contributed by atoms with Gasteiger partial charge >= 0.3 is 6.03 Å².